The largest absolute Gasteiger partial charge is 0.333 e. The van der Waals surface area contributed by atoms with Crippen LogP contribution in [0.5, 0.6) is 0 Å². The Bertz CT molecular complexity index is 702. The van der Waals surface area contributed by atoms with E-state index in [4.69, 9.17) is 0 Å². The molecule has 0 N–H and O–H groups in total. The first-order valence-electron chi connectivity index (χ1n) is 6.71. The minimum Gasteiger partial charge on any atom is -0.291 e. The number of fused-ring (bicyclic) bond motifs is 1. The molecule has 3 heteroatoms. The van der Waals surface area contributed by atoms with Crippen molar-refractivity contribution in [2.24, 2.45) is 5.92 Å². The van der Waals surface area contributed by atoms with Crippen molar-refractivity contribution in [2.75, 3.05) is 0 Å². The van der Waals surface area contributed by atoms with E-state index in [1.165, 1.54) is 11.1 Å². The molecule has 0 bridgehead atoms. The van der Waals surface area contributed by atoms with E-state index >= 15 is 0 Å². The number of hydrogen-bond donors (Lipinski definition) is 0. The zero-order chi connectivity index (χ0) is 14.3. The molecule has 0 saturated carbocycles. The van der Waals surface area contributed by atoms with Crippen LogP contribution < -0.4 is 5.69 Å². The molecule has 2 rings (SSSR count). The topological polar surface area (TPSA) is 26.9 Å². The summed E-state index contributed by atoms with van der Waals surface area (Å²) in [7, 11) is 0. The highest BCUT2D eigenvalue weighted by atomic mass is 16.1. The molecule has 0 spiro atoms. The fourth-order valence-electron chi connectivity index (χ4n) is 2.42. The number of benzene rings is 1. The lowest BCUT2D eigenvalue weighted by molar-refractivity contribution is 0.519. The fraction of sp³-hybridized carbons (Fsp3) is 0.438. The first-order chi connectivity index (χ1) is 8.82. The van der Waals surface area contributed by atoms with Gasteiger partial charge in [-0.15, -0.1) is 0 Å². The molecule has 2 aromatic rings. The van der Waals surface area contributed by atoms with Crippen LogP contribution in [0, 0.1) is 19.8 Å². The van der Waals surface area contributed by atoms with Gasteiger partial charge in [-0.25, -0.2) is 4.79 Å². The molecule has 3 nitrogen and oxygen atoms in total. The minimum atomic E-state index is 0.0150. The third kappa shape index (κ3) is 2.25. The molecule has 0 atom stereocenters. The number of imidazole rings is 1. The van der Waals surface area contributed by atoms with E-state index in [1.54, 1.807) is 4.57 Å². The van der Waals surface area contributed by atoms with Crippen LogP contribution in [-0.4, -0.2) is 9.13 Å². The van der Waals surface area contributed by atoms with E-state index < -0.39 is 0 Å². The van der Waals surface area contributed by atoms with Crippen LogP contribution >= 0.6 is 0 Å². The van der Waals surface area contributed by atoms with Crippen LogP contribution in [0.25, 0.3) is 16.7 Å². The maximum absolute atomic E-state index is 12.6. The van der Waals surface area contributed by atoms with Gasteiger partial charge in [-0.05, 0) is 49.9 Å². The molecule has 0 fully saturated rings. The Morgan fingerprint density at radius 1 is 1.21 bits per heavy atom. The second kappa shape index (κ2) is 4.72. The summed E-state index contributed by atoms with van der Waals surface area (Å²) in [6, 6.07) is 4.19. The molecule has 102 valence electrons. The standard InChI is InChI=1S/C16H22N2O/c1-10(2)9-17-14-7-12(5)13(6)8-15(14)18(11(3)4)16(17)19/h7-8,10H,3,9H2,1-2,4-6H3. The van der Waals surface area contributed by atoms with Crippen LogP contribution in [0.4, 0.5) is 0 Å². The van der Waals surface area contributed by atoms with Crippen molar-refractivity contribution in [3.8, 4) is 0 Å². The average Bonchev–Trinajstić information content (AvgIpc) is 2.53. The third-order valence-electron chi connectivity index (χ3n) is 3.47. The normalized spacial score (nSPS) is 11.5. The Hall–Kier alpha value is -1.77. The second-order valence-electron chi connectivity index (χ2n) is 5.78. The van der Waals surface area contributed by atoms with Crippen LogP contribution in [-0.2, 0) is 6.54 Å². The van der Waals surface area contributed by atoms with Gasteiger partial charge in [0.2, 0.25) is 0 Å². The average molecular weight is 258 g/mol. The molecule has 0 saturated heterocycles. The molecule has 1 heterocycles. The Balaban J connectivity index is 2.88. The summed E-state index contributed by atoms with van der Waals surface area (Å²) in [5.74, 6) is 0.434. The molecule has 19 heavy (non-hydrogen) atoms. The van der Waals surface area contributed by atoms with Crippen molar-refractivity contribution in [3.63, 3.8) is 0 Å². The molecule has 1 aromatic heterocycles. The summed E-state index contributed by atoms with van der Waals surface area (Å²) in [4.78, 5) is 12.6. The lowest BCUT2D eigenvalue weighted by Crippen LogP contribution is -2.24. The summed E-state index contributed by atoms with van der Waals surface area (Å²) in [6.07, 6.45) is 0. The monoisotopic (exact) mass is 258 g/mol. The molecule has 0 aliphatic heterocycles. The Morgan fingerprint density at radius 3 is 2.21 bits per heavy atom. The summed E-state index contributed by atoms with van der Waals surface area (Å²) >= 11 is 0. The van der Waals surface area contributed by atoms with Gasteiger partial charge in [-0.1, -0.05) is 20.4 Å². The van der Waals surface area contributed by atoms with E-state index in [9.17, 15) is 4.79 Å². The summed E-state index contributed by atoms with van der Waals surface area (Å²) in [5.41, 5.74) is 5.15. The number of aromatic nitrogens is 2. The molecule has 1 aromatic carbocycles. The van der Waals surface area contributed by atoms with Crippen LogP contribution in [0.3, 0.4) is 0 Å². The van der Waals surface area contributed by atoms with Gasteiger partial charge in [0.15, 0.2) is 0 Å². The van der Waals surface area contributed by atoms with Gasteiger partial charge in [-0.3, -0.25) is 9.13 Å². The highest BCUT2D eigenvalue weighted by Crippen LogP contribution is 2.21. The van der Waals surface area contributed by atoms with Gasteiger partial charge >= 0.3 is 5.69 Å². The van der Waals surface area contributed by atoms with Crippen molar-refractivity contribution in [2.45, 2.75) is 41.2 Å². The fourth-order valence-corrected chi connectivity index (χ4v) is 2.42. The smallest absolute Gasteiger partial charge is 0.291 e. The molecule has 0 aliphatic carbocycles. The first kappa shape index (κ1) is 13.7. The zero-order valence-electron chi connectivity index (χ0n) is 12.4. The lowest BCUT2D eigenvalue weighted by atomic mass is 10.1. The molecule has 0 unspecified atom stereocenters. The highest BCUT2D eigenvalue weighted by molar-refractivity contribution is 5.81. The van der Waals surface area contributed by atoms with Gasteiger partial charge in [0.05, 0.1) is 11.0 Å². The van der Waals surface area contributed by atoms with Gasteiger partial charge < -0.3 is 0 Å². The first-order valence-corrected chi connectivity index (χ1v) is 6.71. The van der Waals surface area contributed by atoms with Crippen LogP contribution in [0.1, 0.15) is 31.9 Å². The molecular formula is C16H22N2O. The number of aryl methyl sites for hydroxylation is 2. The number of allylic oxidation sites excluding steroid dienone is 1. The van der Waals surface area contributed by atoms with Crippen molar-refractivity contribution < 1.29 is 0 Å². The SMILES string of the molecule is C=C(C)n1c(=O)n(CC(C)C)c2cc(C)c(C)cc21. The summed E-state index contributed by atoms with van der Waals surface area (Å²) in [6.45, 7) is 14.9. The Kier molecular flexibility index (Phi) is 3.40. The summed E-state index contributed by atoms with van der Waals surface area (Å²) in [5, 5.41) is 0. The summed E-state index contributed by atoms with van der Waals surface area (Å²) < 4.78 is 3.57. The van der Waals surface area contributed by atoms with Gasteiger partial charge in [-0.2, -0.15) is 0 Å². The Labute approximate surface area is 114 Å². The van der Waals surface area contributed by atoms with Gasteiger partial charge in [0.25, 0.3) is 0 Å². The van der Waals surface area contributed by atoms with E-state index in [2.05, 4.69) is 46.4 Å². The van der Waals surface area contributed by atoms with Crippen molar-refractivity contribution >= 4 is 16.7 Å². The number of rotatable bonds is 3. The third-order valence-corrected chi connectivity index (χ3v) is 3.47. The van der Waals surface area contributed by atoms with Gasteiger partial charge in [0, 0.05) is 12.2 Å². The van der Waals surface area contributed by atoms with E-state index in [0.717, 1.165) is 23.3 Å². The predicted molar refractivity (Wildman–Crippen MR) is 81.5 cm³/mol. The maximum atomic E-state index is 12.6. The molecule has 0 amide bonds. The second-order valence-corrected chi connectivity index (χ2v) is 5.78. The maximum Gasteiger partial charge on any atom is 0.333 e. The Morgan fingerprint density at radius 2 is 1.74 bits per heavy atom. The minimum absolute atomic E-state index is 0.0150. The van der Waals surface area contributed by atoms with E-state index in [0.29, 0.717) is 5.92 Å². The quantitative estimate of drug-likeness (QED) is 0.827. The van der Waals surface area contributed by atoms with E-state index in [1.807, 2.05) is 11.5 Å². The molecular weight excluding hydrogens is 236 g/mol. The number of hydrogen-bond acceptors (Lipinski definition) is 1. The predicted octanol–water partition coefficient (Wildman–Crippen LogP) is 3.57. The number of nitrogens with zero attached hydrogens (tertiary/aromatic N) is 2. The highest BCUT2D eigenvalue weighted by Gasteiger charge is 2.15. The van der Waals surface area contributed by atoms with Crippen molar-refractivity contribution in [1.82, 2.24) is 9.13 Å². The molecule has 0 radical (unpaired) electrons. The van der Waals surface area contributed by atoms with Gasteiger partial charge in [0.1, 0.15) is 0 Å². The molecule has 0 aliphatic rings. The zero-order valence-corrected chi connectivity index (χ0v) is 12.4. The van der Waals surface area contributed by atoms with Crippen LogP contribution in [0.15, 0.2) is 23.5 Å². The van der Waals surface area contributed by atoms with E-state index in [-0.39, 0.29) is 5.69 Å². The van der Waals surface area contributed by atoms with Crippen molar-refractivity contribution in [1.29, 1.82) is 0 Å². The van der Waals surface area contributed by atoms with Crippen molar-refractivity contribution in [3.05, 3.63) is 40.3 Å². The lowest BCUT2D eigenvalue weighted by Gasteiger charge is -2.07. The van der Waals surface area contributed by atoms with Crippen LogP contribution in [0.2, 0.25) is 0 Å².